The quantitative estimate of drug-likeness (QED) is 0.171. The Bertz CT molecular complexity index is 1560. The van der Waals surface area contributed by atoms with E-state index < -0.39 is 74.9 Å². The number of fused-ring (bicyclic) bond motifs is 1. The lowest BCUT2D eigenvalue weighted by Gasteiger charge is -2.39. The highest BCUT2D eigenvalue weighted by Crippen LogP contribution is 2.65. The fourth-order valence-corrected chi connectivity index (χ4v) is 9.51. The molecule has 1 aliphatic heterocycles. The zero-order chi connectivity index (χ0) is 38.3. The van der Waals surface area contributed by atoms with Gasteiger partial charge in [-0.15, -0.1) is 17.9 Å². The summed E-state index contributed by atoms with van der Waals surface area (Å²) in [7, 11) is -2.30. The Morgan fingerprint density at radius 1 is 1.10 bits per heavy atom. The molecule has 2 saturated carbocycles. The molecule has 15 heteroatoms. The van der Waals surface area contributed by atoms with Gasteiger partial charge in [0.15, 0.2) is 6.10 Å². The van der Waals surface area contributed by atoms with Gasteiger partial charge in [-0.1, -0.05) is 80.4 Å². The molecule has 2 unspecified atom stereocenters. The van der Waals surface area contributed by atoms with Gasteiger partial charge in [0.1, 0.15) is 16.3 Å². The van der Waals surface area contributed by atoms with Gasteiger partial charge in [-0.25, -0.2) is 13.2 Å². The number of urea groups is 1. The van der Waals surface area contributed by atoms with Gasteiger partial charge in [0.2, 0.25) is 11.8 Å². The molecular weight excluding hydrogens is 693 g/mol. The maximum atomic E-state index is 14.5. The third kappa shape index (κ3) is 9.33. The van der Waals surface area contributed by atoms with Crippen LogP contribution in [-0.2, 0) is 24.4 Å². The summed E-state index contributed by atoms with van der Waals surface area (Å²) in [4.78, 5) is 56.5. The molecule has 1 saturated heterocycles. The number of piperidine rings is 1. The summed E-state index contributed by atoms with van der Waals surface area (Å²) in [6.07, 6.45) is 2.39. The van der Waals surface area contributed by atoms with Gasteiger partial charge in [0, 0.05) is 32.7 Å². The van der Waals surface area contributed by atoms with Gasteiger partial charge < -0.3 is 31.3 Å². The molecule has 286 valence electrons. The predicted molar refractivity (Wildman–Crippen MR) is 197 cm³/mol. The highest BCUT2D eigenvalue weighted by molar-refractivity contribution is 7.91. The molecule has 7 atom stereocenters. The van der Waals surface area contributed by atoms with Gasteiger partial charge in [-0.05, 0) is 51.9 Å². The molecule has 5 amide bonds. The number of sulfonamides is 1. The van der Waals surface area contributed by atoms with Crippen molar-refractivity contribution in [3.8, 4) is 0 Å². The summed E-state index contributed by atoms with van der Waals surface area (Å²) in [5, 5.41) is 24.0. The number of nitrogens with one attached hydrogen (secondary N) is 4. The van der Waals surface area contributed by atoms with Crippen LogP contribution >= 0.6 is 11.3 Å². The maximum Gasteiger partial charge on any atom is 0.315 e. The van der Waals surface area contributed by atoms with Crippen LogP contribution in [0.4, 0.5) is 4.79 Å². The average Bonchev–Trinajstić information content (AvgIpc) is 3.71. The van der Waals surface area contributed by atoms with Crippen molar-refractivity contribution in [3.63, 3.8) is 0 Å². The Balaban J connectivity index is 1.52. The third-order valence-corrected chi connectivity index (χ3v) is 14.0. The second kappa shape index (κ2) is 15.2. The van der Waals surface area contributed by atoms with E-state index in [9.17, 15) is 32.7 Å². The van der Waals surface area contributed by atoms with Gasteiger partial charge in [0.25, 0.3) is 15.9 Å². The number of hydrogen-bond acceptors (Lipinski definition) is 8. The highest BCUT2D eigenvalue weighted by atomic mass is 32.2. The van der Waals surface area contributed by atoms with E-state index in [0.717, 1.165) is 24.2 Å². The minimum atomic E-state index is -3.77. The number of nitrogens with zero attached hydrogens (tertiary/aromatic N) is 2. The normalized spacial score (nSPS) is 23.7. The van der Waals surface area contributed by atoms with E-state index in [-0.39, 0.29) is 34.5 Å². The van der Waals surface area contributed by atoms with Crippen molar-refractivity contribution in [3.05, 3.63) is 30.2 Å². The molecule has 3 fully saturated rings. The number of carbonyl (C=O) groups is 4. The number of likely N-dealkylation sites (N-methyl/N-ethyl adjacent to an activating group) is 1. The standard InChI is InChI=1S/C36H58N6O7S2/c1-11-16-37-31(45)28(43)23(18-21-14-15-21)38-30(44)27-26-22(36(26,8)9)19-42(27)32(46)29(35(5,6)7)40-33(47)39-24(34(2,3)4)20-41(10)51(48,49)25-13-12-17-50-25/h11-13,17,21-24,26-29,43H,1,14-16,18-20H2,2-10H3,(H,37,45)(H,38,44)(H2,39,40,47)/t22-,23?,24+,26-,27-,28?,29+/m0/s1. The van der Waals surface area contributed by atoms with Crippen molar-refractivity contribution in [1.82, 2.24) is 30.5 Å². The van der Waals surface area contributed by atoms with Crippen molar-refractivity contribution in [2.75, 3.05) is 26.7 Å². The number of hydrogen-bond donors (Lipinski definition) is 5. The summed E-state index contributed by atoms with van der Waals surface area (Å²) in [5.41, 5.74) is -1.50. The summed E-state index contributed by atoms with van der Waals surface area (Å²) < 4.78 is 27.8. The smallest absolute Gasteiger partial charge is 0.315 e. The zero-order valence-corrected chi connectivity index (χ0v) is 33.1. The molecule has 1 aromatic heterocycles. The molecule has 51 heavy (non-hydrogen) atoms. The van der Waals surface area contributed by atoms with E-state index in [0.29, 0.717) is 18.9 Å². The minimum Gasteiger partial charge on any atom is -0.381 e. The van der Waals surface area contributed by atoms with Gasteiger partial charge in [-0.2, -0.15) is 4.31 Å². The fourth-order valence-electron chi connectivity index (χ4n) is 7.12. The first-order chi connectivity index (χ1) is 23.5. The predicted octanol–water partition coefficient (Wildman–Crippen LogP) is 2.93. The number of aliphatic hydroxyl groups is 1. The first-order valence-electron chi connectivity index (χ1n) is 17.8. The van der Waals surface area contributed by atoms with Crippen LogP contribution < -0.4 is 21.3 Å². The fraction of sp³-hybridized carbons (Fsp3) is 0.722. The Kier molecular flexibility index (Phi) is 12.1. The Morgan fingerprint density at radius 2 is 1.75 bits per heavy atom. The molecular formula is C36H58N6O7S2. The molecule has 4 rings (SSSR count). The van der Waals surface area contributed by atoms with Crippen molar-refractivity contribution in [2.45, 2.75) is 109 Å². The zero-order valence-electron chi connectivity index (χ0n) is 31.5. The monoisotopic (exact) mass is 750 g/mol. The molecule has 5 N–H and O–H groups in total. The van der Waals surface area contributed by atoms with Gasteiger partial charge in [-0.3, -0.25) is 14.4 Å². The first-order valence-corrected chi connectivity index (χ1v) is 20.1. The van der Waals surface area contributed by atoms with Crippen LogP contribution in [0, 0.1) is 34.0 Å². The molecule has 0 aromatic carbocycles. The number of amides is 5. The minimum absolute atomic E-state index is 0.00240. The second-order valence-corrected chi connectivity index (χ2v) is 20.4. The van der Waals surface area contributed by atoms with Gasteiger partial charge in [0.05, 0.1) is 6.04 Å². The molecule has 0 spiro atoms. The third-order valence-electron chi connectivity index (χ3n) is 10.8. The lowest BCUT2D eigenvalue weighted by molar-refractivity contribution is -0.144. The van der Waals surface area contributed by atoms with E-state index >= 15 is 0 Å². The Hall–Kier alpha value is -3.01. The number of likely N-dealkylation sites (tertiary alicyclic amines) is 1. The Morgan fingerprint density at radius 3 is 2.27 bits per heavy atom. The second-order valence-electron chi connectivity index (χ2n) is 17.2. The summed E-state index contributed by atoms with van der Waals surface area (Å²) in [6, 6.07) is -0.753. The topological polar surface area (TPSA) is 177 Å². The number of aliphatic hydroxyl groups excluding tert-OH is 1. The van der Waals surface area contributed by atoms with E-state index in [1.807, 2.05) is 41.5 Å². The molecule has 0 radical (unpaired) electrons. The molecule has 0 bridgehead atoms. The average molecular weight is 751 g/mol. The van der Waals surface area contributed by atoms with Crippen LogP contribution in [0.3, 0.4) is 0 Å². The van der Waals surface area contributed by atoms with Crippen molar-refractivity contribution in [2.24, 2.45) is 34.0 Å². The summed E-state index contributed by atoms with van der Waals surface area (Å²) >= 11 is 1.12. The van der Waals surface area contributed by atoms with Crippen LogP contribution in [0.15, 0.2) is 34.4 Å². The van der Waals surface area contributed by atoms with Crippen molar-refractivity contribution >= 4 is 45.1 Å². The number of thiophene rings is 1. The SMILES string of the molecule is C=CCNC(=O)C(O)C(CC1CC1)NC(=O)[C@@H]1[C@@H]2[C@H](CN1C(=O)[C@@H](NC(=O)N[C@H](CN(C)S(=O)(=O)c1cccs1)C(C)(C)C)C(C)(C)C)C2(C)C. The molecule has 3 aliphatic rings. The summed E-state index contributed by atoms with van der Waals surface area (Å²) in [5.74, 6) is -1.20. The molecule has 2 aliphatic carbocycles. The van der Waals surface area contributed by atoms with Gasteiger partial charge >= 0.3 is 6.03 Å². The molecule has 1 aromatic rings. The Labute approximate surface area is 307 Å². The summed E-state index contributed by atoms with van der Waals surface area (Å²) in [6.45, 7) is 19.4. The largest absolute Gasteiger partial charge is 0.381 e. The van der Waals surface area contributed by atoms with Crippen LogP contribution in [-0.4, -0.2) is 103 Å². The number of carbonyl (C=O) groups excluding carboxylic acids is 4. The van der Waals surface area contributed by atoms with Crippen LogP contribution in [0.1, 0.15) is 74.7 Å². The van der Waals surface area contributed by atoms with E-state index in [4.69, 9.17) is 0 Å². The lowest BCUT2D eigenvalue weighted by Crippen LogP contribution is -2.63. The highest BCUT2D eigenvalue weighted by Gasteiger charge is 2.70. The number of rotatable bonds is 15. The van der Waals surface area contributed by atoms with E-state index in [1.165, 1.54) is 23.5 Å². The molecule has 13 nitrogen and oxygen atoms in total. The van der Waals surface area contributed by atoms with Crippen LogP contribution in [0.25, 0.3) is 0 Å². The van der Waals surface area contributed by atoms with Crippen molar-refractivity contribution in [1.29, 1.82) is 0 Å². The van der Waals surface area contributed by atoms with Crippen LogP contribution in [0.5, 0.6) is 0 Å². The first kappa shape index (κ1) is 40.8. The van der Waals surface area contributed by atoms with E-state index in [1.54, 1.807) is 16.3 Å². The lowest BCUT2D eigenvalue weighted by atomic mass is 9.85. The maximum absolute atomic E-state index is 14.5. The molecule has 2 heterocycles. The van der Waals surface area contributed by atoms with E-state index in [2.05, 4.69) is 41.7 Å². The van der Waals surface area contributed by atoms with Crippen LogP contribution in [0.2, 0.25) is 0 Å². The van der Waals surface area contributed by atoms with Crippen molar-refractivity contribution < 1.29 is 32.7 Å².